The Balaban J connectivity index is 2.47. The molecule has 0 aliphatic rings. The molecular weight excluding hydrogens is 329 g/mol. The first kappa shape index (κ1) is 16.3. The molecule has 8 heteroatoms. The molecule has 1 aromatic carbocycles. The Hall–Kier alpha value is -2.05. The molecule has 0 aliphatic heterocycles. The van der Waals surface area contributed by atoms with E-state index in [1.54, 1.807) is 31.2 Å². The number of imidazole rings is 1. The van der Waals surface area contributed by atoms with E-state index in [1.165, 1.54) is 10.9 Å². The van der Waals surface area contributed by atoms with Crippen molar-refractivity contribution in [2.45, 2.75) is 6.92 Å². The van der Waals surface area contributed by atoms with E-state index in [4.69, 9.17) is 27.9 Å². The molecule has 0 aliphatic carbocycles. The quantitative estimate of drug-likeness (QED) is 0.670. The standard InChI is InChI=1S/C14H13Cl2N3O3/c1-2-22-14(21)12-13(18-11(20)7-15)17-8-19(12)10-5-3-9(16)4-6-10/h3-6,8H,2,7H2,1H3,(H,18,20). The lowest BCUT2D eigenvalue weighted by atomic mass is 10.3. The lowest BCUT2D eigenvalue weighted by molar-refractivity contribution is -0.113. The third-order valence-corrected chi connectivity index (χ3v) is 3.21. The Morgan fingerprint density at radius 3 is 2.59 bits per heavy atom. The summed E-state index contributed by atoms with van der Waals surface area (Å²) in [5, 5.41) is 3.04. The Morgan fingerprint density at radius 2 is 2.00 bits per heavy atom. The molecule has 0 bridgehead atoms. The fourth-order valence-corrected chi connectivity index (χ4v) is 1.99. The highest BCUT2D eigenvalue weighted by atomic mass is 35.5. The second kappa shape index (κ2) is 7.29. The number of carbonyl (C=O) groups excluding carboxylic acids is 2. The number of alkyl halides is 1. The molecule has 0 saturated carbocycles. The van der Waals surface area contributed by atoms with Crippen molar-refractivity contribution in [2.24, 2.45) is 0 Å². The predicted octanol–water partition coefficient (Wildman–Crippen LogP) is 2.88. The number of esters is 1. The second-order valence-electron chi connectivity index (χ2n) is 4.19. The number of rotatable bonds is 5. The zero-order chi connectivity index (χ0) is 16.1. The predicted molar refractivity (Wildman–Crippen MR) is 83.9 cm³/mol. The van der Waals surface area contributed by atoms with E-state index in [-0.39, 0.29) is 24.0 Å². The van der Waals surface area contributed by atoms with Crippen LogP contribution in [0.1, 0.15) is 17.4 Å². The molecule has 1 amide bonds. The number of carbonyl (C=O) groups is 2. The fourth-order valence-electron chi connectivity index (χ4n) is 1.80. The van der Waals surface area contributed by atoms with E-state index in [0.29, 0.717) is 10.7 Å². The lowest BCUT2D eigenvalue weighted by Crippen LogP contribution is -2.18. The minimum atomic E-state index is -0.597. The number of anilines is 1. The lowest BCUT2D eigenvalue weighted by Gasteiger charge is -2.09. The molecule has 2 aromatic rings. The summed E-state index contributed by atoms with van der Waals surface area (Å²) >= 11 is 11.3. The summed E-state index contributed by atoms with van der Waals surface area (Å²) in [6.45, 7) is 1.89. The van der Waals surface area contributed by atoms with Crippen LogP contribution in [-0.4, -0.2) is 33.9 Å². The first-order valence-corrected chi connectivity index (χ1v) is 7.34. The molecule has 0 atom stereocenters. The summed E-state index contributed by atoms with van der Waals surface area (Å²) in [6, 6.07) is 6.81. The summed E-state index contributed by atoms with van der Waals surface area (Å²) in [7, 11) is 0. The number of hydrogen-bond acceptors (Lipinski definition) is 4. The molecule has 0 saturated heterocycles. The molecule has 0 spiro atoms. The summed E-state index contributed by atoms with van der Waals surface area (Å²) in [6.07, 6.45) is 1.42. The second-order valence-corrected chi connectivity index (χ2v) is 4.89. The van der Waals surface area contributed by atoms with Crippen LogP contribution < -0.4 is 5.32 Å². The molecule has 2 rings (SSSR count). The van der Waals surface area contributed by atoms with Gasteiger partial charge in [0, 0.05) is 10.7 Å². The van der Waals surface area contributed by atoms with Crippen molar-refractivity contribution >= 4 is 40.9 Å². The van der Waals surface area contributed by atoms with Gasteiger partial charge in [-0.15, -0.1) is 11.6 Å². The number of benzene rings is 1. The average molecular weight is 342 g/mol. The maximum atomic E-state index is 12.2. The van der Waals surface area contributed by atoms with Gasteiger partial charge in [-0.3, -0.25) is 9.36 Å². The van der Waals surface area contributed by atoms with Crippen LogP contribution in [0.5, 0.6) is 0 Å². The van der Waals surface area contributed by atoms with Gasteiger partial charge in [-0.25, -0.2) is 9.78 Å². The molecule has 116 valence electrons. The third-order valence-electron chi connectivity index (χ3n) is 2.72. The molecule has 1 aromatic heterocycles. The number of nitrogens with one attached hydrogen (secondary N) is 1. The zero-order valence-corrected chi connectivity index (χ0v) is 13.2. The molecule has 22 heavy (non-hydrogen) atoms. The number of ether oxygens (including phenoxy) is 1. The molecular formula is C14H13Cl2N3O3. The Labute approximate surface area is 137 Å². The number of aromatic nitrogens is 2. The Kier molecular flexibility index (Phi) is 5.41. The van der Waals surface area contributed by atoms with E-state index in [9.17, 15) is 9.59 Å². The van der Waals surface area contributed by atoms with Crippen LogP contribution in [0.15, 0.2) is 30.6 Å². The first-order valence-electron chi connectivity index (χ1n) is 6.43. The summed E-state index contributed by atoms with van der Waals surface area (Å²) in [4.78, 5) is 27.7. The van der Waals surface area contributed by atoms with Crippen LogP contribution in [-0.2, 0) is 9.53 Å². The van der Waals surface area contributed by atoms with Crippen molar-refractivity contribution in [1.29, 1.82) is 0 Å². The van der Waals surface area contributed by atoms with Gasteiger partial charge in [0.2, 0.25) is 5.91 Å². The van der Waals surface area contributed by atoms with Gasteiger partial charge >= 0.3 is 5.97 Å². The van der Waals surface area contributed by atoms with Crippen molar-refractivity contribution in [2.75, 3.05) is 17.8 Å². The molecule has 0 unspecified atom stereocenters. The van der Waals surface area contributed by atoms with E-state index in [2.05, 4.69) is 10.3 Å². The topological polar surface area (TPSA) is 73.2 Å². The monoisotopic (exact) mass is 341 g/mol. The summed E-state index contributed by atoms with van der Waals surface area (Å²) in [5.74, 6) is -1.21. The highest BCUT2D eigenvalue weighted by Gasteiger charge is 2.22. The summed E-state index contributed by atoms with van der Waals surface area (Å²) in [5.41, 5.74) is 0.772. The van der Waals surface area contributed by atoms with Crippen LogP contribution in [0.2, 0.25) is 5.02 Å². The van der Waals surface area contributed by atoms with Crippen LogP contribution >= 0.6 is 23.2 Å². The van der Waals surface area contributed by atoms with E-state index >= 15 is 0 Å². The smallest absolute Gasteiger partial charge is 0.359 e. The van der Waals surface area contributed by atoms with Crippen LogP contribution in [0.3, 0.4) is 0 Å². The average Bonchev–Trinajstić information content (AvgIpc) is 2.91. The normalized spacial score (nSPS) is 10.3. The van der Waals surface area contributed by atoms with Crippen molar-refractivity contribution in [3.8, 4) is 5.69 Å². The molecule has 1 heterocycles. The number of nitrogens with zero attached hydrogens (tertiary/aromatic N) is 2. The minimum absolute atomic E-state index is 0.0963. The number of halogens is 2. The van der Waals surface area contributed by atoms with Crippen molar-refractivity contribution in [3.05, 3.63) is 41.3 Å². The molecule has 1 N–H and O–H groups in total. The van der Waals surface area contributed by atoms with Gasteiger partial charge < -0.3 is 10.1 Å². The van der Waals surface area contributed by atoms with Crippen molar-refractivity contribution in [1.82, 2.24) is 9.55 Å². The summed E-state index contributed by atoms with van der Waals surface area (Å²) < 4.78 is 6.53. The van der Waals surface area contributed by atoms with Gasteiger partial charge in [-0.05, 0) is 31.2 Å². The molecule has 0 fully saturated rings. The van der Waals surface area contributed by atoms with Gasteiger partial charge in [-0.1, -0.05) is 11.6 Å². The maximum absolute atomic E-state index is 12.2. The van der Waals surface area contributed by atoms with Gasteiger partial charge in [0.05, 0.1) is 6.61 Å². The van der Waals surface area contributed by atoms with Gasteiger partial charge in [0.15, 0.2) is 11.5 Å². The van der Waals surface area contributed by atoms with Gasteiger partial charge in [-0.2, -0.15) is 0 Å². The molecule has 6 nitrogen and oxygen atoms in total. The third kappa shape index (κ3) is 3.58. The minimum Gasteiger partial charge on any atom is -0.461 e. The molecule has 0 radical (unpaired) electrons. The van der Waals surface area contributed by atoms with Gasteiger partial charge in [0.25, 0.3) is 0 Å². The van der Waals surface area contributed by atoms with Crippen LogP contribution in [0.25, 0.3) is 5.69 Å². The number of hydrogen-bond donors (Lipinski definition) is 1. The van der Waals surface area contributed by atoms with E-state index in [0.717, 1.165) is 0 Å². The highest BCUT2D eigenvalue weighted by molar-refractivity contribution is 6.30. The van der Waals surface area contributed by atoms with Crippen molar-refractivity contribution < 1.29 is 14.3 Å². The first-order chi connectivity index (χ1) is 10.6. The maximum Gasteiger partial charge on any atom is 0.359 e. The fraction of sp³-hybridized carbons (Fsp3) is 0.214. The zero-order valence-electron chi connectivity index (χ0n) is 11.7. The van der Waals surface area contributed by atoms with E-state index in [1.807, 2.05) is 0 Å². The largest absolute Gasteiger partial charge is 0.461 e. The van der Waals surface area contributed by atoms with Crippen molar-refractivity contribution in [3.63, 3.8) is 0 Å². The highest BCUT2D eigenvalue weighted by Crippen LogP contribution is 2.21. The Bertz CT molecular complexity index is 683. The van der Waals surface area contributed by atoms with Crippen LogP contribution in [0.4, 0.5) is 5.82 Å². The SMILES string of the molecule is CCOC(=O)c1c(NC(=O)CCl)ncn1-c1ccc(Cl)cc1. The van der Waals surface area contributed by atoms with Crippen LogP contribution in [0, 0.1) is 0 Å². The van der Waals surface area contributed by atoms with E-state index < -0.39 is 11.9 Å². The number of amides is 1. The Morgan fingerprint density at radius 1 is 1.32 bits per heavy atom. The van der Waals surface area contributed by atoms with Gasteiger partial charge in [0.1, 0.15) is 12.2 Å².